The normalized spacial score (nSPS) is 27.5. The van der Waals surface area contributed by atoms with Crippen molar-refractivity contribution >= 4 is 28.3 Å². The Balaban J connectivity index is 1.70. The van der Waals surface area contributed by atoms with Gasteiger partial charge in [0.25, 0.3) is 11.8 Å². The van der Waals surface area contributed by atoms with Crippen LogP contribution in [0.1, 0.15) is 18.9 Å². The molecule has 0 aromatic heterocycles. The molecule has 128 valence electrons. The number of anilines is 1. The van der Waals surface area contributed by atoms with Crippen LogP contribution in [0, 0.1) is 0 Å². The highest BCUT2D eigenvalue weighted by Gasteiger charge is 2.70. The topological polar surface area (TPSA) is 46.6 Å². The van der Waals surface area contributed by atoms with Crippen molar-refractivity contribution in [2.75, 3.05) is 4.90 Å². The van der Waals surface area contributed by atoms with E-state index in [9.17, 15) is 9.59 Å². The predicted molar refractivity (Wildman–Crippen MR) is 98.7 cm³/mol. The fourth-order valence-electron chi connectivity index (χ4n) is 4.21. The van der Waals surface area contributed by atoms with Gasteiger partial charge in [-0.25, -0.2) is 4.90 Å². The standard InChI is InChI=1S/C22H17NO3/c1-21-14-22(26-21,16-10-3-2-4-11-16)20(25)23(19(21)24)18-13-7-9-15-8-5-6-12-17(15)18/h2-13H,14H2,1H3/t21-,22-/m1/s1. The van der Waals surface area contributed by atoms with Crippen molar-refractivity contribution in [1.29, 1.82) is 0 Å². The number of nitrogens with zero attached hydrogens (tertiary/aromatic N) is 1. The van der Waals surface area contributed by atoms with Crippen LogP contribution in [0.2, 0.25) is 0 Å². The van der Waals surface area contributed by atoms with E-state index < -0.39 is 11.2 Å². The summed E-state index contributed by atoms with van der Waals surface area (Å²) in [5, 5.41) is 1.87. The number of morpholine rings is 1. The average Bonchev–Trinajstić information content (AvgIpc) is 2.65. The number of piperidine rings is 1. The SMILES string of the molecule is C[C@]12C[C@](c3ccccc3)(O1)C(=O)N(c1cccc3ccccc13)C2=O. The van der Waals surface area contributed by atoms with Gasteiger partial charge in [0, 0.05) is 11.8 Å². The quantitative estimate of drug-likeness (QED) is 0.665. The van der Waals surface area contributed by atoms with Crippen LogP contribution in [0.15, 0.2) is 72.8 Å². The first-order valence-corrected chi connectivity index (χ1v) is 8.68. The molecule has 0 N–H and O–H groups in total. The summed E-state index contributed by atoms with van der Waals surface area (Å²) < 4.78 is 5.98. The van der Waals surface area contributed by atoms with Crippen molar-refractivity contribution < 1.29 is 14.3 Å². The fourth-order valence-corrected chi connectivity index (χ4v) is 4.21. The predicted octanol–water partition coefficient (Wildman–Crippen LogP) is 3.79. The molecule has 0 aliphatic carbocycles. The Morgan fingerprint density at radius 2 is 1.50 bits per heavy atom. The minimum atomic E-state index is -1.08. The van der Waals surface area contributed by atoms with Gasteiger partial charge in [-0.3, -0.25) is 9.59 Å². The molecule has 0 unspecified atom stereocenters. The van der Waals surface area contributed by atoms with Gasteiger partial charge in [-0.05, 0) is 23.9 Å². The molecule has 3 heterocycles. The number of carbonyl (C=O) groups excluding carboxylic acids is 2. The number of rotatable bonds is 2. The largest absolute Gasteiger partial charge is 0.344 e. The highest BCUT2D eigenvalue weighted by Crippen LogP contribution is 2.55. The summed E-state index contributed by atoms with van der Waals surface area (Å²) >= 11 is 0. The molecule has 3 aromatic carbocycles. The molecule has 6 rings (SSSR count). The fraction of sp³-hybridized carbons (Fsp3) is 0.182. The van der Waals surface area contributed by atoms with Gasteiger partial charge < -0.3 is 4.74 Å². The van der Waals surface area contributed by atoms with Crippen LogP contribution in [-0.4, -0.2) is 17.4 Å². The lowest BCUT2D eigenvalue weighted by Crippen LogP contribution is -2.76. The lowest BCUT2D eigenvalue weighted by molar-refractivity contribution is -0.261. The monoisotopic (exact) mass is 343 g/mol. The summed E-state index contributed by atoms with van der Waals surface area (Å²) in [4.78, 5) is 27.9. The second-order valence-corrected chi connectivity index (χ2v) is 7.15. The van der Waals surface area contributed by atoms with Crippen molar-refractivity contribution in [3.8, 4) is 0 Å². The molecule has 3 aliphatic rings. The first-order valence-electron chi connectivity index (χ1n) is 8.68. The minimum Gasteiger partial charge on any atom is -0.344 e. The molecule has 2 amide bonds. The summed E-state index contributed by atoms with van der Waals surface area (Å²) in [6.45, 7) is 1.76. The molecule has 2 bridgehead atoms. The maximum atomic E-state index is 13.5. The van der Waals surface area contributed by atoms with E-state index in [1.807, 2.05) is 72.8 Å². The van der Waals surface area contributed by atoms with Gasteiger partial charge in [-0.15, -0.1) is 0 Å². The highest BCUT2D eigenvalue weighted by molar-refractivity contribution is 6.27. The van der Waals surface area contributed by atoms with Crippen LogP contribution in [0.3, 0.4) is 0 Å². The first kappa shape index (κ1) is 15.3. The summed E-state index contributed by atoms with van der Waals surface area (Å²) in [7, 11) is 0. The molecule has 3 aromatic rings. The van der Waals surface area contributed by atoms with Gasteiger partial charge in [-0.2, -0.15) is 0 Å². The van der Waals surface area contributed by atoms with Crippen molar-refractivity contribution in [1.82, 2.24) is 0 Å². The summed E-state index contributed by atoms with van der Waals surface area (Å²) in [6.07, 6.45) is 0.378. The first-order chi connectivity index (χ1) is 12.6. The van der Waals surface area contributed by atoms with Gasteiger partial charge in [-0.1, -0.05) is 66.7 Å². The Kier molecular flexibility index (Phi) is 2.95. The number of amides is 2. The Labute approximate surface area is 151 Å². The molecule has 3 fully saturated rings. The van der Waals surface area contributed by atoms with Crippen molar-refractivity contribution in [3.63, 3.8) is 0 Å². The molecule has 3 saturated heterocycles. The van der Waals surface area contributed by atoms with Crippen molar-refractivity contribution in [2.45, 2.75) is 24.5 Å². The third kappa shape index (κ3) is 1.82. The van der Waals surface area contributed by atoms with Crippen LogP contribution in [0.5, 0.6) is 0 Å². The third-order valence-electron chi connectivity index (χ3n) is 5.44. The van der Waals surface area contributed by atoms with Crippen molar-refractivity contribution in [2.24, 2.45) is 0 Å². The number of imide groups is 1. The summed E-state index contributed by atoms with van der Waals surface area (Å²) in [6, 6.07) is 22.9. The smallest absolute Gasteiger partial charge is 0.270 e. The number of hydrogen-bond donors (Lipinski definition) is 0. The molecular weight excluding hydrogens is 326 g/mol. The Hall–Kier alpha value is -2.98. The molecule has 0 spiro atoms. The van der Waals surface area contributed by atoms with Gasteiger partial charge in [0.1, 0.15) is 5.60 Å². The average molecular weight is 343 g/mol. The van der Waals surface area contributed by atoms with Gasteiger partial charge in [0.05, 0.1) is 5.69 Å². The summed E-state index contributed by atoms with van der Waals surface area (Å²) in [5.74, 6) is -0.606. The molecule has 0 saturated carbocycles. The molecule has 4 heteroatoms. The van der Waals surface area contributed by atoms with E-state index in [0.29, 0.717) is 12.1 Å². The van der Waals surface area contributed by atoms with Gasteiger partial charge in [0.15, 0.2) is 5.60 Å². The number of carbonyl (C=O) groups is 2. The number of hydrogen-bond acceptors (Lipinski definition) is 3. The molecule has 4 nitrogen and oxygen atoms in total. The molecule has 2 atom stereocenters. The molecule has 26 heavy (non-hydrogen) atoms. The van der Waals surface area contributed by atoms with E-state index in [1.165, 1.54) is 4.90 Å². The second-order valence-electron chi connectivity index (χ2n) is 7.15. The third-order valence-corrected chi connectivity index (χ3v) is 5.44. The van der Waals surface area contributed by atoms with Gasteiger partial charge >= 0.3 is 0 Å². The van der Waals surface area contributed by atoms with Crippen LogP contribution < -0.4 is 4.90 Å². The van der Waals surface area contributed by atoms with E-state index in [4.69, 9.17) is 4.74 Å². The van der Waals surface area contributed by atoms with Crippen LogP contribution in [-0.2, 0) is 19.9 Å². The Morgan fingerprint density at radius 1 is 0.846 bits per heavy atom. The molecule has 0 radical (unpaired) electrons. The minimum absolute atomic E-state index is 0.295. The Morgan fingerprint density at radius 3 is 2.27 bits per heavy atom. The van der Waals surface area contributed by atoms with Gasteiger partial charge in [0.2, 0.25) is 0 Å². The number of benzene rings is 3. The number of fused-ring (bicyclic) bond motifs is 3. The zero-order chi connectivity index (χ0) is 17.9. The number of ether oxygens (including phenoxy) is 1. The van der Waals surface area contributed by atoms with E-state index >= 15 is 0 Å². The Bertz CT molecular complexity index is 1050. The van der Waals surface area contributed by atoms with Crippen molar-refractivity contribution in [3.05, 3.63) is 78.4 Å². The summed E-state index contributed by atoms with van der Waals surface area (Å²) in [5.41, 5.74) is -0.644. The maximum absolute atomic E-state index is 13.5. The maximum Gasteiger partial charge on any atom is 0.270 e. The zero-order valence-corrected chi connectivity index (χ0v) is 14.3. The van der Waals surface area contributed by atoms with E-state index in [2.05, 4.69) is 0 Å². The lowest BCUT2D eigenvalue weighted by Gasteiger charge is -2.59. The van der Waals surface area contributed by atoms with E-state index in [-0.39, 0.29) is 11.8 Å². The van der Waals surface area contributed by atoms with E-state index in [0.717, 1.165) is 16.3 Å². The van der Waals surface area contributed by atoms with Crippen LogP contribution in [0.25, 0.3) is 10.8 Å². The zero-order valence-electron chi connectivity index (χ0n) is 14.3. The highest BCUT2D eigenvalue weighted by atomic mass is 16.6. The van der Waals surface area contributed by atoms with E-state index in [1.54, 1.807) is 6.92 Å². The molecule has 3 aliphatic heterocycles. The lowest BCUT2D eigenvalue weighted by atomic mass is 9.70. The second kappa shape index (κ2) is 5.02. The molecular formula is C22H17NO3. The van der Waals surface area contributed by atoms with Crippen LogP contribution in [0.4, 0.5) is 5.69 Å². The van der Waals surface area contributed by atoms with Crippen LogP contribution >= 0.6 is 0 Å².